The van der Waals surface area contributed by atoms with Gasteiger partial charge in [-0.25, -0.2) is 4.39 Å². The van der Waals surface area contributed by atoms with E-state index in [2.05, 4.69) is 10.6 Å². The number of alkyl halides is 7. The third-order valence-electron chi connectivity index (χ3n) is 6.60. The number of amides is 1. The zero-order valence-electron chi connectivity index (χ0n) is 21.3. The zero-order chi connectivity index (χ0) is 29.4. The molecule has 2 aromatic rings. The molecule has 5 nitrogen and oxygen atoms in total. The zero-order valence-corrected chi connectivity index (χ0v) is 21.3. The van der Waals surface area contributed by atoms with Crippen LogP contribution in [0.4, 0.5) is 30.7 Å². The van der Waals surface area contributed by atoms with Crippen LogP contribution in [0.1, 0.15) is 57.2 Å². The number of nitrogens with one attached hydrogen (secondary N) is 2. The number of nitriles is 1. The predicted molar refractivity (Wildman–Crippen MR) is 129 cm³/mol. The van der Waals surface area contributed by atoms with Gasteiger partial charge in [0.05, 0.1) is 12.1 Å². The van der Waals surface area contributed by atoms with E-state index in [4.69, 9.17) is 0 Å². The number of rotatable bonds is 9. The van der Waals surface area contributed by atoms with Crippen molar-refractivity contribution < 1.29 is 40.6 Å². The molecule has 0 radical (unpaired) electrons. The Morgan fingerprint density at radius 3 is 1.82 bits per heavy atom. The average molecular weight is 560 g/mol. The van der Waals surface area contributed by atoms with Crippen LogP contribution in [0.2, 0.25) is 0 Å². The van der Waals surface area contributed by atoms with Gasteiger partial charge in [0.15, 0.2) is 5.60 Å². The van der Waals surface area contributed by atoms with Crippen molar-refractivity contribution in [2.75, 3.05) is 0 Å². The number of halogens is 7. The van der Waals surface area contributed by atoms with Crippen molar-refractivity contribution in [3.8, 4) is 17.2 Å². The summed E-state index contributed by atoms with van der Waals surface area (Å²) in [5.41, 5.74) is -6.13. The maximum absolute atomic E-state index is 14.4. The first-order chi connectivity index (χ1) is 17.8. The van der Waals surface area contributed by atoms with Crippen LogP contribution >= 0.6 is 0 Å². The number of aliphatic hydroxyl groups is 1. The molecule has 1 saturated carbocycles. The highest BCUT2D eigenvalue weighted by atomic mass is 19.4. The van der Waals surface area contributed by atoms with Crippen LogP contribution in [0.3, 0.4) is 0 Å². The van der Waals surface area contributed by atoms with E-state index in [1.165, 1.54) is 24.3 Å². The Morgan fingerprint density at radius 2 is 1.44 bits per heavy atom. The van der Waals surface area contributed by atoms with Gasteiger partial charge in [0.25, 0.3) is 0 Å². The van der Waals surface area contributed by atoms with E-state index in [1.54, 1.807) is 0 Å². The Morgan fingerprint density at radius 1 is 0.949 bits per heavy atom. The minimum absolute atomic E-state index is 0.279. The number of benzene rings is 2. The van der Waals surface area contributed by atoms with Crippen molar-refractivity contribution in [3.05, 3.63) is 59.7 Å². The molecule has 2 aromatic carbocycles. The van der Waals surface area contributed by atoms with Crippen LogP contribution in [-0.2, 0) is 10.4 Å². The van der Waals surface area contributed by atoms with Crippen LogP contribution in [0, 0.1) is 11.3 Å². The van der Waals surface area contributed by atoms with Crippen LogP contribution in [0.15, 0.2) is 48.5 Å². The van der Waals surface area contributed by atoms with Crippen LogP contribution < -0.4 is 10.6 Å². The van der Waals surface area contributed by atoms with E-state index >= 15 is 0 Å². The smallest absolute Gasteiger partial charge is 0.376 e. The summed E-state index contributed by atoms with van der Waals surface area (Å²) in [6.45, 7) is 2.87. The molecule has 1 aliphatic carbocycles. The highest BCUT2D eigenvalue weighted by molar-refractivity contribution is 5.83. The quantitative estimate of drug-likeness (QED) is 0.330. The summed E-state index contributed by atoms with van der Waals surface area (Å²) in [5, 5.41) is 23.7. The summed E-state index contributed by atoms with van der Waals surface area (Å²) in [4.78, 5) is 12.8. The molecule has 3 rings (SSSR count). The molecule has 39 heavy (non-hydrogen) atoms. The molecule has 0 spiro atoms. The Hall–Kier alpha value is -3.17. The number of nitrogens with zero attached hydrogens (tertiary/aromatic N) is 1. The summed E-state index contributed by atoms with van der Waals surface area (Å²) in [5.74, 6) is -0.916. The van der Waals surface area contributed by atoms with Crippen LogP contribution in [0.25, 0.3) is 11.1 Å². The summed E-state index contributed by atoms with van der Waals surface area (Å²) < 4.78 is 96.0. The van der Waals surface area contributed by atoms with E-state index in [0.29, 0.717) is 30.9 Å². The third-order valence-corrected chi connectivity index (χ3v) is 6.60. The number of hydrogen-bond donors (Lipinski definition) is 3. The molecule has 1 amide bonds. The highest BCUT2D eigenvalue weighted by Gasteiger charge is 2.51. The number of carbonyl (C=O) groups is 1. The molecule has 0 aliphatic heterocycles. The largest absolute Gasteiger partial charge is 0.421 e. The average Bonchev–Trinajstić information content (AvgIpc) is 3.59. The van der Waals surface area contributed by atoms with E-state index in [9.17, 15) is 45.9 Å². The molecule has 212 valence electrons. The lowest BCUT2D eigenvalue weighted by molar-refractivity contribution is -0.258. The normalized spacial score (nSPS) is 18.4. The molecule has 2 unspecified atom stereocenters. The first kappa shape index (κ1) is 30.4. The first-order valence-electron chi connectivity index (χ1n) is 12.0. The van der Waals surface area contributed by atoms with Crippen molar-refractivity contribution in [1.29, 1.82) is 5.26 Å². The van der Waals surface area contributed by atoms with Gasteiger partial charge >= 0.3 is 12.4 Å². The molecule has 0 aromatic heterocycles. The molecule has 3 atom stereocenters. The van der Waals surface area contributed by atoms with Crippen molar-refractivity contribution in [1.82, 2.24) is 10.6 Å². The molecule has 0 heterocycles. The third kappa shape index (κ3) is 7.28. The van der Waals surface area contributed by atoms with Crippen LogP contribution in [0.5, 0.6) is 0 Å². The van der Waals surface area contributed by atoms with Gasteiger partial charge in [0, 0.05) is 6.42 Å². The number of carbonyl (C=O) groups excluding carboxylic acids is 1. The molecule has 1 fully saturated rings. The van der Waals surface area contributed by atoms with Crippen molar-refractivity contribution in [3.63, 3.8) is 0 Å². The van der Waals surface area contributed by atoms with Gasteiger partial charge in [0.2, 0.25) is 5.91 Å². The second-order valence-corrected chi connectivity index (χ2v) is 10.6. The molecule has 1 aliphatic rings. The Bertz CT molecular complexity index is 1200. The van der Waals surface area contributed by atoms with Gasteiger partial charge in [-0.3, -0.25) is 10.1 Å². The number of hydrogen-bond acceptors (Lipinski definition) is 4. The maximum atomic E-state index is 14.4. The van der Waals surface area contributed by atoms with Crippen molar-refractivity contribution in [2.45, 2.75) is 81.3 Å². The summed E-state index contributed by atoms with van der Waals surface area (Å²) in [6, 6.07) is 7.66. The fourth-order valence-electron chi connectivity index (χ4n) is 4.03. The van der Waals surface area contributed by atoms with Crippen molar-refractivity contribution in [2.24, 2.45) is 0 Å². The topological polar surface area (TPSA) is 85.2 Å². The van der Waals surface area contributed by atoms with Gasteiger partial charge in [0.1, 0.15) is 17.2 Å². The summed E-state index contributed by atoms with van der Waals surface area (Å²) in [7, 11) is 0. The van der Waals surface area contributed by atoms with E-state index in [0.717, 1.165) is 38.1 Å². The standard InChI is InChI=1S/C27H28F7N3O2/c1-23(2,28)14-20(22(38)37-25(15-35)12-13-25)36-21(26(29,30)31)18-6-4-16(5-7-18)17-8-10-19(11-9-17)24(3,39)27(32,33)34/h4-11,20-21,36,39H,12-14H2,1-3H3,(H,37,38)/t20-,21?,24?/m0/s1. The molecular formula is C27H28F7N3O2. The fourth-order valence-corrected chi connectivity index (χ4v) is 4.03. The van der Waals surface area contributed by atoms with Gasteiger partial charge in [-0.1, -0.05) is 48.5 Å². The summed E-state index contributed by atoms with van der Waals surface area (Å²) in [6.07, 6.45) is -9.67. The van der Waals surface area contributed by atoms with Gasteiger partial charge in [-0.05, 0) is 55.9 Å². The Kier molecular flexibility index (Phi) is 8.12. The lowest BCUT2D eigenvalue weighted by Gasteiger charge is -2.30. The maximum Gasteiger partial charge on any atom is 0.421 e. The SMILES string of the molecule is CC(C)(F)C[C@H](NC(c1ccc(-c2ccc(C(C)(O)C(F)(F)F)cc2)cc1)C(F)(F)F)C(=O)NC1(C#N)CC1. The van der Waals surface area contributed by atoms with Gasteiger partial charge in [-0.15, -0.1) is 0 Å². The first-order valence-corrected chi connectivity index (χ1v) is 12.0. The lowest BCUT2D eigenvalue weighted by atomic mass is 9.92. The molecule has 12 heteroatoms. The van der Waals surface area contributed by atoms with Gasteiger partial charge < -0.3 is 10.4 Å². The highest BCUT2D eigenvalue weighted by Crippen LogP contribution is 2.40. The predicted octanol–water partition coefficient (Wildman–Crippen LogP) is 6.00. The van der Waals surface area contributed by atoms with E-state index < -0.39 is 59.1 Å². The minimum Gasteiger partial charge on any atom is -0.376 e. The van der Waals surface area contributed by atoms with E-state index in [1.807, 2.05) is 6.07 Å². The summed E-state index contributed by atoms with van der Waals surface area (Å²) >= 11 is 0. The van der Waals surface area contributed by atoms with Crippen LogP contribution in [-0.4, -0.2) is 40.6 Å². The fraction of sp³-hybridized carbons (Fsp3) is 0.481. The monoisotopic (exact) mass is 559 g/mol. The Balaban J connectivity index is 1.86. The molecule has 3 N–H and O–H groups in total. The second-order valence-electron chi connectivity index (χ2n) is 10.6. The molecule has 0 saturated heterocycles. The molecular weight excluding hydrogens is 531 g/mol. The molecule has 0 bridgehead atoms. The minimum atomic E-state index is -4.91. The Labute approximate surface area is 221 Å². The van der Waals surface area contributed by atoms with E-state index in [-0.39, 0.29) is 5.56 Å². The second kappa shape index (κ2) is 10.4. The van der Waals surface area contributed by atoms with Gasteiger partial charge in [-0.2, -0.15) is 31.6 Å². The van der Waals surface area contributed by atoms with Crippen molar-refractivity contribution >= 4 is 5.91 Å². The lowest BCUT2D eigenvalue weighted by Crippen LogP contribution is -2.53.